The minimum absolute atomic E-state index is 0.904. The van der Waals surface area contributed by atoms with Gasteiger partial charge >= 0.3 is 0 Å². The number of piperazine rings is 1. The van der Waals surface area contributed by atoms with E-state index in [4.69, 9.17) is 0 Å². The molecule has 1 saturated heterocycles. The summed E-state index contributed by atoms with van der Waals surface area (Å²) in [6.45, 7) is 5.78. The highest BCUT2D eigenvalue weighted by Crippen LogP contribution is 2.10. The summed E-state index contributed by atoms with van der Waals surface area (Å²) in [5.41, 5.74) is 2.76. The molecular weight excluding hydrogens is 260 g/mol. The topological polar surface area (TPSA) is 33.1 Å². The van der Waals surface area contributed by atoms with Crippen LogP contribution in [0.1, 0.15) is 17.0 Å². The van der Waals surface area contributed by atoms with Crippen LogP contribution in [0.15, 0.2) is 36.7 Å². The molecule has 1 N–H and O–H groups in total. The van der Waals surface area contributed by atoms with Crippen molar-refractivity contribution in [3.05, 3.63) is 53.6 Å². The molecule has 0 unspecified atom stereocenters. The first-order chi connectivity index (χ1) is 10.3. The fourth-order valence-electron chi connectivity index (χ4n) is 2.80. The molecule has 0 bridgehead atoms. The Morgan fingerprint density at radius 3 is 2.48 bits per heavy atom. The van der Waals surface area contributed by atoms with Gasteiger partial charge in [0.05, 0.1) is 0 Å². The summed E-state index contributed by atoms with van der Waals surface area (Å²) in [6, 6.07) is 9.00. The lowest BCUT2D eigenvalue weighted by Crippen LogP contribution is -2.44. The molecular formula is C17H24N4. The molecule has 3 rings (SSSR count). The molecule has 0 amide bonds. The van der Waals surface area contributed by atoms with Crippen LogP contribution >= 0.6 is 0 Å². The van der Waals surface area contributed by atoms with Crippen LogP contribution in [0, 0.1) is 0 Å². The fourth-order valence-corrected chi connectivity index (χ4v) is 2.80. The van der Waals surface area contributed by atoms with Gasteiger partial charge in [0, 0.05) is 58.6 Å². The molecule has 4 nitrogen and oxygen atoms in total. The number of imidazole rings is 1. The predicted molar refractivity (Wildman–Crippen MR) is 85.5 cm³/mol. The van der Waals surface area contributed by atoms with Crippen LogP contribution in [0.3, 0.4) is 0 Å². The van der Waals surface area contributed by atoms with Crippen LogP contribution in [-0.2, 0) is 19.9 Å². The van der Waals surface area contributed by atoms with Gasteiger partial charge in [0.15, 0.2) is 0 Å². The lowest BCUT2D eigenvalue weighted by Gasteiger charge is -2.27. The second kappa shape index (κ2) is 6.87. The summed E-state index contributed by atoms with van der Waals surface area (Å²) in [5, 5.41) is 3.40. The number of aryl methyl sites for hydroxylation is 1. The van der Waals surface area contributed by atoms with Crippen LogP contribution in [0.5, 0.6) is 0 Å². The lowest BCUT2D eigenvalue weighted by atomic mass is 10.1. The Kier molecular flexibility index (Phi) is 4.68. The highest BCUT2D eigenvalue weighted by molar-refractivity contribution is 5.25. The monoisotopic (exact) mass is 284 g/mol. The van der Waals surface area contributed by atoms with E-state index >= 15 is 0 Å². The standard InChI is InChI=1S/C17H24N4/c1-20-11-9-19-17(20)14-16-4-2-15(3-5-16)6-10-21-12-7-18-8-13-21/h2-5,9,11,18H,6-8,10,12-14H2,1H3. The Morgan fingerprint density at radius 1 is 1.10 bits per heavy atom. The smallest absolute Gasteiger partial charge is 0.112 e. The van der Waals surface area contributed by atoms with Gasteiger partial charge in [0.1, 0.15) is 5.82 Å². The first-order valence-corrected chi connectivity index (χ1v) is 7.78. The molecule has 21 heavy (non-hydrogen) atoms. The second-order valence-corrected chi connectivity index (χ2v) is 5.79. The summed E-state index contributed by atoms with van der Waals surface area (Å²) in [4.78, 5) is 6.92. The number of hydrogen-bond donors (Lipinski definition) is 1. The second-order valence-electron chi connectivity index (χ2n) is 5.79. The van der Waals surface area contributed by atoms with E-state index in [2.05, 4.69) is 44.0 Å². The summed E-state index contributed by atoms with van der Waals surface area (Å²) in [6.07, 6.45) is 5.90. The number of rotatable bonds is 5. The van der Waals surface area contributed by atoms with Crippen molar-refractivity contribution in [1.29, 1.82) is 0 Å². The van der Waals surface area contributed by atoms with E-state index in [0.29, 0.717) is 0 Å². The van der Waals surface area contributed by atoms with E-state index in [1.807, 2.05) is 19.4 Å². The van der Waals surface area contributed by atoms with Gasteiger partial charge in [-0.25, -0.2) is 4.98 Å². The molecule has 1 aromatic heterocycles. The quantitative estimate of drug-likeness (QED) is 0.902. The van der Waals surface area contributed by atoms with Crippen molar-refractivity contribution in [1.82, 2.24) is 19.8 Å². The maximum Gasteiger partial charge on any atom is 0.112 e. The molecule has 0 spiro atoms. The molecule has 4 heteroatoms. The zero-order valence-electron chi connectivity index (χ0n) is 12.8. The average Bonchev–Trinajstić information content (AvgIpc) is 2.93. The Labute approximate surface area is 126 Å². The van der Waals surface area contributed by atoms with Crippen molar-refractivity contribution in [3.8, 4) is 0 Å². The molecule has 0 aliphatic carbocycles. The largest absolute Gasteiger partial charge is 0.338 e. The van der Waals surface area contributed by atoms with Crippen LogP contribution in [0.4, 0.5) is 0 Å². The average molecular weight is 284 g/mol. The van der Waals surface area contributed by atoms with Gasteiger partial charge in [-0.2, -0.15) is 0 Å². The van der Waals surface area contributed by atoms with Gasteiger partial charge in [-0.3, -0.25) is 0 Å². The van der Waals surface area contributed by atoms with E-state index in [1.165, 1.54) is 30.8 Å². The Hall–Kier alpha value is -1.65. The normalized spacial score (nSPS) is 16.2. The van der Waals surface area contributed by atoms with E-state index in [0.717, 1.165) is 31.8 Å². The summed E-state index contributed by atoms with van der Waals surface area (Å²) in [7, 11) is 2.05. The molecule has 1 aliphatic heterocycles. The van der Waals surface area contributed by atoms with Crippen molar-refractivity contribution in [2.24, 2.45) is 7.05 Å². The molecule has 112 valence electrons. The lowest BCUT2D eigenvalue weighted by molar-refractivity contribution is 0.244. The van der Waals surface area contributed by atoms with Gasteiger partial charge in [-0.15, -0.1) is 0 Å². The minimum atomic E-state index is 0.904. The van der Waals surface area contributed by atoms with Crippen molar-refractivity contribution in [2.75, 3.05) is 32.7 Å². The minimum Gasteiger partial charge on any atom is -0.338 e. The van der Waals surface area contributed by atoms with Gasteiger partial charge in [0.25, 0.3) is 0 Å². The third kappa shape index (κ3) is 3.93. The maximum atomic E-state index is 4.38. The van der Waals surface area contributed by atoms with Crippen molar-refractivity contribution >= 4 is 0 Å². The van der Waals surface area contributed by atoms with Gasteiger partial charge in [0.2, 0.25) is 0 Å². The predicted octanol–water partition coefficient (Wildman–Crippen LogP) is 1.46. The number of nitrogens with one attached hydrogen (secondary N) is 1. The first-order valence-electron chi connectivity index (χ1n) is 7.78. The maximum absolute atomic E-state index is 4.38. The van der Waals surface area contributed by atoms with Crippen LogP contribution in [-0.4, -0.2) is 47.2 Å². The van der Waals surface area contributed by atoms with E-state index in [1.54, 1.807) is 0 Å². The molecule has 2 heterocycles. The van der Waals surface area contributed by atoms with Crippen molar-refractivity contribution in [3.63, 3.8) is 0 Å². The summed E-state index contributed by atoms with van der Waals surface area (Å²) < 4.78 is 2.08. The third-order valence-corrected chi connectivity index (χ3v) is 4.23. The molecule has 0 radical (unpaired) electrons. The van der Waals surface area contributed by atoms with E-state index in [9.17, 15) is 0 Å². The molecule has 2 aromatic rings. The molecule has 1 fully saturated rings. The van der Waals surface area contributed by atoms with Crippen LogP contribution in [0.25, 0.3) is 0 Å². The van der Waals surface area contributed by atoms with Crippen molar-refractivity contribution in [2.45, 2.75) is 12.8 Å². The number of aromatic nitrogens is 2. The summed E-state index contributed by atoms with van der Waals surface area (Å²) >= 11 is 0. The van der Waals surface area contributed by atoms with Gasteiger partial charge in [-0.1, -0.05) is 24.3 Å². The molecule has 0 atom stereocenters. The van der Waals surface area contributed by atoms with E-state index in [-0.39, 0.29) is 0 Å². The summed E-state index contributed by atoms with van der Waals surface area (Å²) in [5.74, 6) is 1.11. The van der Waals surface area contributed by atoms with Crippen LogP contribution in [0.2, 0.25) is 0 Å². The Bertz CT molecular complexity index is 552. The number of nitrogens with zero attached hydrogens (tertiary/aromatic N) is 3. The molecule has 1 aromatic carbocycles. The number of hydrogen-bond acceptors (Lipinski definition) is 3. The molecule has 1 aliphatic rings. The zero-order chi connectivity index (χ0) is 14.5. The highest BCUT2D eigenvalue weighted by Gasteiger charge is 2.09. The molecule has 0 saturated carbocycles. The zero-order valence-corrected chi connectivity index (χ0v) is 12.8. The SMILES string of the molecule is Cn1ccnc1Cc1ccc(CCN2CCNCC2)cc1. The Morgan fingerprint density at radius 2 is 1.81 bits per heavy atom. The third-order valence-electron chi connectivity index (χ3n) is 4.23. The first kappa shape index (κ1) is 14.3. The fraction of sp³-hybridized carbons (Fsp3) is 0.471. The highest BCUT2D eigenvalue weighted by atomic mass is 15.2. The van der Waals surface area contributed by atoms with Gasteiger partial charge in [-0.05, 0) is 17.5 Å². The van der Waals surface area contributed by atoms with E-state index < -0.39 is 0 Å². The van der Waals surface area contributed by atoms with Crippen LogP contribution < -0.4 is 5.32 Å². The van der Waals surface area contributed by atoms with Crippen molar-refractivity contribution < 1.29 is 0 Å². The van der Waals surface area contributed by atoms with Gasteiger partial charge < -0.3 is 14.8 Å². The number of benzene rings is 1. The Balaban J connectivity index is 1.53.